The van der Waals surface area contributed by atoms with Gasteiger partial charge in [-0.1, -0.05) is 72.8 Å². The molecular formula is C31H28N4O5S2. The third-order valence-corrected chi connectivity index (χ3v) is 10.6. The van der Waals surface area contributed by atoms with Crippen LogP contribution in [-0.2, 0) is 31.3 Å². The lowest BCUT2D eigenvalue weighted by atomic mass is 10.0. The van der Waals surface area contributed by atoms with Crippen molar-refractivity contribution in [1.29, 1.82) is 0 Å². The van der Waals surface area contributed by atoms with Gasteiger partial charge >= 0.3 is 0 Å². The quantitative estimate of drug-likeness (QED) is 0.236. The Kier molecular flexibility index (Phi) is 7.17. The highest BCUT2D eigenvalue weighted by Crippen LogP contribution is 2.31. The number of nitrogens with zero attached hydrogens (tertiary/aromatic N) is 1. The van der Waals surface area contributed by atoms with Crippen LogP contribution >= 0.6 is 0 Å². The number of rotatable bonds is 8. The highest BCUT2D eigenvalue weighted by molar-refractivity contribution is 7.90. The molecule has 2 atom stereocenters. The number of hydrogen-bond donors (Lipinski definition) is 3. The molecule has 1 fully saturated rings. The molecule has 1 aromatic heterocycles. The van der Waals surface area contributed by atoms with Gasteiger partial charge in [-0.2, -0.15) is 0 Å². The van der Waals surface area contributed by atoms with Crippen molar-refractivity contribution < 1.29 is 21.6 Å². The topological polar surface area (TPSA) is 138 Å². The zero-order valence-corrected chi connectivity index (χ0v) is 24.2. The fourth-order valence-electron chi connectivity index (χ4n) is 5.28. The van der Waals surface area contributed by atoms with Gasteiger partial charge in [-0.15, -0.1) is 0 Å². The number of fused-ring (bicyclic) bond motifs is 1. The Morgan fingerprint density at radius 2 is 1.67 bits per heavy atom. The normalized spacial score (nSPS) is 17.3. The molecule has 42 heavy (non-hydrogen) atoms. The van der Waals surface area contributed by atoms with Crippen LogP contribution in [0.2, 0.25) is 0 Å². The van der Waals surface area contributed by atoms with E-state index < -0.39 is 37.2 Å². The minimum atomic E-state index is -3.96. The van der Waals surface area contributed by atoms with Crippen LogP contribution in [0.3, 0.4) is 0 Å². The third kappa shape index (κ3) is 5.58. The molecule has 11 heteroatoms. The minimum Gasteiger partial charge on any atom is -0.341 e. The maximum absolute atomic E-state index is 13.7. The van der Waals surface area contributed by atoms with Gasteiger partial charge in [-0.25, -0.2) is 26.5 Å². The average Bonchev–Trinajstić information content (AvgIpc) is 3.52. The first-order valence-corrected chi connectivity index (χ1v) is 16.4. The number of para-hydroxylation sites is 2. The summed E-state index contributed by atoms with van der Waals surface area (Å²) in [6, 6.07) is 28.3. The first-order valence-electron chi connectivity index (χ1n) is 13.4. The van der Waals surface area contributed by atoms with Crippen molar-refractivity contribution in [2.24, 2.45) is 0 Å². The molecule has 9 nitrogen and oxygen atoms in total. The van der Waals surface area contributed by atoms with Crippen molar-refractivity contribution in [2.75, 3.05) is 0 Å². The van der Waals surface area contributed by atoms with Crippen molar-refractivity contribution in [3.63, 3.8) is 0 Å². The molecule has 0 bridgehead atoms. The van der Waals surface area contributed by atoms with Gasteiger partial charge < -0.3 is 4.98 Å². The van der Waals surface area contributed by atoms with E-state index in [2.05, 4.69) is 14.7 Å². The molecule has 3 N–H and O–H groups in total. The van der Waals surface area contributed by atoms with Crippen LogP contribution in [0.15, 0.2) is 102 Å². The number of benzene rings is 4. The van der Waals surface area contributed by atoms with Crippen LogP contribution in [0.5, 0.6) is 0 Å². The van der Waals surface area contributed by atoms with Gasteiger partial charge in [-0.05, 0) is 65.4 Å². The van der Waals surface area contributed by atoms with Crippen molar-refractivity contribution in [1.82, 2.24) is 19.4 Å². The molecule has 1 unspecified atom stereocenters. The summed E-state index contributed by atoms with van der Waals surface area (Å²) in [5.74, 6) is -0.0786. The Morgan fingerprint density at radius 3 is 2.33 bits per heavy atom. The highest BCUT2D eigenvalue weighted by Gasteiger charge is 2.37. The minimum absolute atomic E-state index is 0.133. The van der Waals surface area contributed by atoms with Crippen LogP contribution in [0.4, 0.5) is 0 Å². The predicted octanol–water partition coefficient (Wildman–Crippen LogP) is 4.69. The number of aromatic amines is 1. The van der Waals surface area contributed by atoms with Gasteiger partial charge in [0, 0.05) is 0 Å². The molecule has 2 heterocycles. The molecule has 1 saturated heterocycles. The van der Waals surface area contributed by atoms with E-state index in [4.69, 9.17) is 0 Å². The van der Waals surface area contributed by atoms with E-state index in [0.29, 0.717) is 16.9 Å². The third-order valence-electron chi connectivity index (χ3n) is 7.42. The molecule has 5 aromatic rings. The van der Waals surface area contributed by atoms with Crippen LogP contribution < -0.4 is 9.44 Å². The summed E-state index contributed by atoms with van der Waals surface area (Å²) in [7, 11) is -7.73. The molecule has 0 radical (unpaired) electrons. The number of sulfonamides is 2. The standard InChI is InChI=1S/C31H28N4O5S2/c1-20-17-24(15-16-25(20)22-7-3-2-4-8-22)41(37,38)34-28(31-32-26-9-5-6-10-27(26)33-31)18-21-11-13-23(14-12-21)29-19-30(36)35-42(29,39)40/h2-17,28-29,34H,18-19H2,1H3,(H,32,33)(H,35,36)/t28-,29?/m0/s1. The van der Waals surface area contributed by atoms with Crippen molar-refractivity contribution in [2.45, 2.75) is 36.0 Å². The molecule has 0 aliphatic carbocycles. The van der Waals surface area contributed by atoms with Crippen LogP contribution in [0.25, 0.3) is 22.2 Å². The maximum Gasteiger partial charge on any atom is 0.242 e. The van der Waals surface area contributed by atoms with Gasteiger partial charge in [-0.3, -0.25) is 9.52 Å². The monoisotopic (exact) mass is 600 g/mol. The summed E-state index contributed by atoms with van der Waals surface area (Å²) in [6.07, 6.45) is 0.112. The van der Waals surface area contributed by atoms with Crippen LogP contribution in [-0.4, -0.2) is 32.7 Å². The lowest BCUT2D eigenvalue weighted by Crippen LogP contribution is -2.31. The lowest BCUT2D eigenvalue weighted by molar-refractivity contribution is -0.118. The largest absolute Gasteiger partial charge is 0.341 e. The molecule has 6 rings (SSSR count). The number of imidazole rings is 1. The van der Waals surface area contributed by atoms with E-state index in [1.807, 2.05) is 72.3 Å². The molecule has 4 aromatic carbocycles. The van der Waals surface area contributed by atoms with Gasteiger partial charge in [0.05, 0.1) is 28.4 Å². The summed E-state index contributed by atoms with van der Waals surface area (Å²) in [6.45, 7) is 1.88. The van der Waals surface area contributed by atoms with Crippen LogP contribution in [0, 0.1) is 6.92 Å². The van der Waals surface area contributed by atoms with E-state index >= 15 is 0 Å². The molecule has 0 spiro atoms. The summed E-state index contributed by atoms with van der Waals surface area (Å²) in [4.78, 5) is 19.7. The number of amides is 1. The SMILES string of the molecule is Cc1cc(S(=O)(=O)N[C@@H](Cc2ccc(C3CC(=O)NS3(=O)=O)cc2)c2nc3ccccc3[nH]2)ccc1-c1ccccc1. The zero-order valence-electron chi connectivity index (χ0n) is 22.6. The van der Waals surface area contributed by atoms with Crippen molar-refractivity contribution in [3.8, 4) is 11.1 Å². The van der Waals surface area contributed by atoms with Crippen LogP contribution in [0.1, 0.15) is 40.2 Å². The smallest absolute Gasteiger partial charge is 0.242 e. The number of carbonyl (C=O) groups excluding carboxylic acids is 1. The Labute approximate surface area is 244 Å². The summed E-state index contributed by atoms with van der Waals surface area (Å²) < 4.78 is 56.9. The molecule has 0 saturated carbocycles. The lowest BCUT2D eigenvalue weighted by Gasteiger charge is -2.18. The summed E-state index contributed by atoms with van der Waals surface area (Å²) >= 11 is 0. The van der Waals surface area contributed by atoms with Crippen molar-refractivity contribution in [3.05, 3.63) is 120 Å². The molecule has 214 valence electrons. The molecular weight excluding hydrogens is 572 g/mol. The second kappa shape index (κ2) is 10.8. The number of aromatic nitrogens is 2. The van der Waals surface area contributed by atoms with Gasteiger partial charge in [0.15, 0.2) is 0 Å². The Balaban J connectivity index is 1.31. The number of H-pyrrole nitrogens is 1. The van der Waals surface area contributed by atoms with E-state index in [9.17, 15) is 21.6 Å². The maximum atomic E-state index is 13.7. The van der Waals surface area contributed by atoms with E-state index in [0.717, 1.165) is 27.8 Å². The Hall–Kier alpha value is -4.32. The summed E-state index contributed by atoms with van der Waals surface area (Å²) in [5, 5.41) is -0.953. The number of aryl methyl sites for hydroxylation is 1. The van der Waals surface area contributed by atoms with Gasteiger partial charge in [0.25, 0.3) is 0 Å². The zero-order chi connectivity index (χ0) is 29.5. The Bertz CT molecular complexity index is 1970. The van der Waals surface area contributed by atoms with E-state index in [-0.39, 0.29) is 17.7 Å². The first-order chi connectivity index (χ1) is 20.1. The van der Waals surface area contributed by atoms with Crippen molar-refractivity contribution >= 4 is 37.0 Å². The fourth-order valence-corrected chi connectivity index (χ4v) is 8.00. The van der Waals surface area contributed by atoms with E-state index in [1.54, 1.807) is 36.4 Å². The summed E-state index contributed by atoms with van der Waals surface area (Å²) in [5.41, 5.74) is 5.52. The first kappa shape index (κ1) is 27.8. The molecule has 1 amide bonds. The predicted molar refractivity (Wildman–Crippen MR) is 160 cm³/mol. The second-order valence-corrected chi connectivity index (χ2v) is 13.9. The second-order valence-electron chi connectivity index (χ2n) is 10.4. The Morgan fingerprint density at radius 1 is 0.952 bits per heavy atom. The average molecular weight is 601 g/mol. The molecule has 1 aliphatic heterocycles. The highest BCUT2D eigenvalue weighted by atomic mass is 32.2. The number of hydrogen-bond acceptors (Lipinski definition) is 6. The van der Waals surface area contributed by atoms with E-state index in [1.165, 1.54) is 0 Å². The van der Waals surface area contributed by atoms with Gasteiger partial charge in [0.1, 0.15) is 11.1 Å². The van der Waals surface area contributed by atoms with Gasteiger partial charge in [0.2, 0.25) is 26.0 Å². The fraction of sp³-hybridized carbons (Fsp3) is 0.161. The number of carbonyl (C=O) groups is 1. The molecule has 1 aliphatic rings. The number of nitrogens with one attached hydrogen (secondary N) is 3.